The van der Waals surface area contributed by atoms with Crippen molar-refractivity contribution in [2.45, 2.75) is 44.1 Å². The van der Waals surface area contributed by atoms with Gasteiger partial charge >= 0.3 is 6.61 Å². The molecule has 34 heavy (non-hydrogen) atoms. The summed E-state index contributed by atoms with van der Waals surface area (Å²) in [6.07, 6.45) is 3.57. The molecule has 1 fully saturated rings. The van der Waals surface area contributed by atoms with E-state index in [0.29, 0.717) is 13.1 Å². The lowest BCUT2D eigenvalue weighted by atomic mass is 10.1. The Hall–Kier alpha value is -2.92. The van der Waals surface area contributed by atoms with Gasteiger partial charge in [-0.25, -0.2) is 8.42 Å². The fourth-order valence-corrected chi connectivity index (χ4v) is 5.23. The second kappa shape index (κ2) is 11.5. The van der Waals surface area contributed by atoms with E-state index >= 15 is 0 Å². The quantitative estimate of drug-likeness (QED) is 0.547. The summed E-state index contributed by atoms with van der Waals surface area (Å²) in [5.74, 6) is -0.547. The van der Waals surface area contributed by atoms with Crippen LogP contribution in [0.25, 0.3) is 0 Å². The summed E-state index contributed by atoms with van der Waals surface area (Å²) in [6, 6.07) is 8.07. The van der Waals surface area contributed by atoms with E-state index in [-0.39, 0.29) is 40.0 Å². The molecule has 0 bridgehead atoms. The van der Waals surface area contributed by atoms with Crippen LogP contribution in [0.3, 0.4) is 0 Å². The van der Waals surface area contributed by atoms with Gasteiger partial charge in [0.15, 0.2) is 11.5 Å². The van der Waals surface area contributed by atoms with Crippen LogP contribution < -0.4 is 19.5 Å². The van der Waals surface area contributed by atoms with Gasteiger partial charge in [-0.1, -0.05) is 12.8 Å². The number of benzene rings is 2. The zero-order chi connectivity index (χ0) is 24.7. The van der Waals surface area contributed by atoms with Gasteiger partial charge in [0.1, 0.15) is 5.75 Å². The molecular formula is C23H28F2N2O6S. The average Bonchev–Trinajstić information content (AvgIpc) is 3.10. The van der Waals surface area contributed by atoms with E-state index in [0.717, 1.165) is 25.7 Å². The largest absolute Gasteiger partial charge is 0.495 e. The Morgan fingerprint density at radius 3 is 2.32 bits per heavy atom. The summed E-state index contributed by atoms with van der Waals surface area (Å²) in [7, 11) is -2.35. The molecule has 1 amide bonds. The molecule has 186 valence electrons. The van der Waals surface area contributed by atoms with Crippen molar-refractivity contribution < 1.29 is 36.2 Å². The van der Waals surface area contributed by atoms with Gasteiger partial charge in [0.05, 0.1) is 24.3 Å². The monoisotopic (exact) mass is 498 g/mol. The first-order valence-corrected chi connectivity index (χ1v) is 12.4. The number of anilines is 1. The number of alkyl halides is 2. The topological polar surface area (TPSA) is 94.2 Å². The lowest BCUT2D eigenvalue weighted by molar-refractivity contribution is -0.0514. The predicted octanol–water partition coefficient (Wildman–Crippen LogP) is 4.51. The molecule has 0 radical (unpaired) electrons. The van der Waals surface area contributed by atoms with E-state index < -0.39 is 22.5 Å². The minimum Gasteiger partial charge on any atom is -0.495 e. The van der Waals surface area contributed by atoms with Gasteiger partial charge in [-0.05, 0) is 56.2 Å². The van der Waals surface area contributed by atoms with Crippen molar-refractivity contribution in [3.05, 3.63) is 42.0 Å². The number of methoxy groups -OCH3 is 1. The van der Waals surface area contributed by atoms with Crippen LogP contribution in [0.2, 0.25) is 0 Å². The van der Waals surface area contributed by atoms with Crippen molar-refractivity contribution >= 4 is 21.6 Å². The Labute approximate surface area is 197 Å². The lowest BCUT2D eigenvalue weighted by Crippen LogP contribution is -2.32. The molecule has 0 aliphatic carbocycles. The maximum Gasteiger partial charge on any atom is 0.387 e. The van der Waals surface area contributed by atoms with Gasteiger partial charge in [-0.3, -0.25) is 4.79 Å². The summed E-state index contributed by atoms with van der Waals surface area (Å²) in [5, 5.41) is 2.64. The number of nitrogens with one attached hydrogen (secondary N) is 1. The van der Waals surface area contributed by atoms with Crippen LogP contribution in [0.15, 0.2) is 41.3 Å². The fraction of sp³-hybridized carbons (Fsp3) is 0.435. The zero-order valence-electron chi connectivity index (χ0n) is 19.1. The zero-order valence-corrected chi connectivity index (χ0v) is 19.9. The van der Waals surface area contributed by atoms with Crippen LogP contribution in [0.4, 0.5) is 14.5 Å². The van der Waals surface area contributed by atoms with E-state index in [1.54, 1.807) is 6.92 Å². The molecule has 1 heterocycles. The number of nitrogens with zero attached hydrogens (tertiary/aromatic N) is 1. The Morgan fingerprint density at radius 1 is 1.03 bits per heavy atom. The molecule has 1 N–H and O–H groups in total. The van der Waals surface area contributed by atoms with Crippen molar-refractivity contribution in [3.8, 4) is 17.2 Å². The number of carbonyl (C=O) groups excluding carboxylic acids is 1. The summed E-state index contributed by atoms with van der Waals surface area (Å²) in [6.45, 7) is -0.307. The van der Waals surface area contributed by atoms with Crippen LogP contribution in [-0.2, 0) is 10.0 Å². The van der Waals surface area contributed by atoms with Crippen molar-refractivity contribution in [1.29, 1.82) is 0 Å². The lowest BCUT2D eigenvalue weighted by Gasteiger charge is -2.21. The standard InChI is InChI=1S/C23H28F2N2O6S/c1-3-32-21-14-16(8-10-20(21)33-23(24)25)22(28)26-18-15-17(9-11-19(18)31-2)34(29,30)27-12-6-4-5-7-13-27/h8-11,14-15,23H,3-7,12-13H2,1-2H3,(H,26,28). The smallest absolute Gasteiger partial charge is 0.387 e. The molecular weight excluding hydrogens is 470 g/mol. The highest BCUT2D eigenvalue weighted by atomic mass is 32.2. The molecule has 0 aromatic heterocycles. The minimum absolute atomic E-state index is 0.0140. The third-order valence-corrected chi connectivity index (χ3v) is 7.24. The summed E-state index contributed by atoms with van der Waals surface area (Å²) in [4.78, 5) is 13.0. The molecule has 0 unspecified atom stereocenters. The van der Waals surface area contributed by atoms with E-state index in [1.165, 1.54) is 47.8 Å². The molecule has 1 aliphatic heterocycles. The molecule has 2 aromatic carbocycles. The Bertz CT molecular complexity index is 1100. The number of carbonyl (C=O) groups is 1. The van der Waals surface area contributed by atoms with Crippen molar-refractivity contribution in [2.24, 2.45) is 0 Å². The number of ether oxygens (including phenoxy) is 3. The van der Waals surface area contributed by atoms with Crippen molar-refractivity contribution in [1.82, 2.24) is 4.31 Å². The second-order valence-electron chi connectivity index (χ2n) is 7.61. The Morgan fingerprint density at radius 2 is 1.71 bits per heavy atom. The maximum atomic E-state index is 13.2. The molecule has 0 saturated carbocycles. The van der Waals surface area contributed by atoms with Crippen LogP contribution in [0.5, 0.6) is 17.2 Å². The van der Waals surface area contributed by atoms with Gasteiger partial charge < -0.3 is 19.5 Å². The summed E-state index contributed by atoms with van der Waals surface area (Å²) in [5.41, 5.74) is 0.266. The number of amides is 1. The highest BCUT2D eigenvalue weighted by Gasteiger charge is 2.26. The maximum absolute atomic E-state index is 13.2. The SMILES string of the molecule is CCOc1cc(C(=O)Nc2cc(S(=O)(=O)N3CCCCCC3)ccc2OC)ccc1OC(F)F. The van der Waals surface area contributed by atoms with Crippen LogP contribution in [-0.4, -0.2) is 52.0 Å². The highest BCUT2D eigenvalue weighted by Crippen LogP contribution is 2.32. The normalized spacial score (nSPS) is 15.0. The molecule has 1 aliphatic rings. The third-order valence-electron chi connectivity index (χ3n) is 5.34. The minimum atomic E-state index is -3.75. The van der Waals surface area contributed by atoms with Gasteiger partial charge in [-0.15, -0.1) is 0 Å². The van der Waals surface area contributed by atoms with Gasteiger partial charge in [0, 0.05) is 18.7 Å². The first-order chi connectivity index (χ1) is 16.3. The number of rotatable bonds is 9. The summed E-state index contributed by atoms with van der Waals surface area (Å²) >= 11 is 0. The Kier molecular flexibility index (Phi) is 8.67. The number of hydrogen-bond acceptors (Lipinski definition) is 6. The second-order valence-corrected chi connectivity index (χ2v) is 9.55. The van der Waals surface area contributed by atoms with Gasteiger partial charge in [-0.2, -0.15) is 13.1 Å². The first kappa shape index (κ1) is 25.7. The fourth-order valence-electron chi connectivity index (χ4n) is 3.68. The third kappa shape index (κ3) is 6.15. The van der Waals surface area contributed by atoms with Gasteiger partial charge in [0.2, 0.25) is 10.0 Å². The van der Waals surface area contributed by atoms with Crippen molar-refractivity contribution in [3.63, 3.8) is 0 Å². The van der Waals surface area contributed by atoms with E-state index in [9.17, 15) is 22.0 Å². The predicted molar refractivity (Wildman–Crippen MR) is 122 cm³/mol. The van der Waals surface area contributed by atoms with E-state index in [1.807, 2.05) is 0 Å². The Balaban J connectivity index is 1.88. The molecule has 11 heteroatoms. The van der Waals surface area contributed by atoms with Crippen LogP contribution in [0.1, 0.15) is 43.0 Å². The van der Waals surface area contributed by atoms with Gasteiger partial charge in [0.25, 0.3) is 5.91 Å². The molecule has 0 atom stereocenters. The molecule has 3 rings (SSSR count). The van der Waals surface area contributed by atoms with E-state index in [2.05, 4.69) is 10.1 Å². The van der Waals surface area contributed by atoms with Crippen LogP contribution >= 0.6 is 0 Å². The van der Waals surface area contributed by atoms with Crippen molar-refractivity contribution in [2.75, 3.05) is 32.1 Å². The molecule has 1 saturated heterocycles. The van der Waals surface area contributed by atoms with E-state index in [4.69, 9.17) is 9.47 Å². The first-order valence-electron chi connectivity index (χ1n) is 11.0. The summed E-state index contributed by atoms with van der Waals surface area (Å²) < 4.78 is 68.1. The molecule has 8 nitrogen and oxygen atoms in total. The van der Waals surface area contributed by atoms with Crippen LogP contribution in [0, 0.1) is 0 Å². The average molecular weight is 499 g/mol. The highest BCUT2D eigenvalue weighted by molar-refractivity contribution is 7.89. The number of sulfonamides is 1. The molecule has 2 aromatic rings. The number of halogens is 2. The molecule has 0 spiro atoms. The number of hydrogen-bond donors (Lipinski definition) is 1.